The topological polar surface area (TPSA) is 68.2 Å². The van der Waals surface area contributed by atoms with Gasteiger partial charge in [-0.25, -0.2) is 13.1 Å². The van der Waals surface area contributed by atoms with Crippen LogP contribution in [0.3, 0.4) is 0 Å². The van der Waals surface area contributed by atoms with Gasteiger partial charge in [-0.15, -0.1) is 0 Å². The van der Waals surface area contributed by atoms with Crippen molar-refractivity contribution in [2.75, 3.05) is 12.3 Å². The summed E-state index contributed by atoms with van der Waals surface area (Å²) in [6, 6.07) is 24.7. The highest BCUT2D eigenvalue weighted by atomic mass is 32.2. The van der Waals surface area contributed by atoms with E-state index in [4.69, 9.17) is 0 Å². The smallest absolute Gasteiger partial charge is 0.294 e. The Morgan fingerprint density at radius 2 is 1.58 bits per heavy atom. The van der Waals surface area contributed by atoms with E-state index in [1.54, 1.807) is 34.5 Å². The van der Waals surface area contributed by atoms with Gasteiger partial charge in [0, 0.05) is 18.1 Å². The van der Waals surface area contributed by atoms with Crippen LogP contribution in [0.4, 0.5) is 0 Å². The first-order valence-corrected chi connectivity index (χ1v) is 13.3. The molecule has 1 heterocycles. The Hall–Kier alpha value is -2.39. The monoisotopic (exact) mass is 470 g/mol. The van der Waals surface area contributed by atoms with Gasteiger partial charge in [-0.3, -0.25) is 9.36 Å². The number of aromatic nitrogens is 1. The lowest BCUT2D eigenvalue weighted by Crippen LogP contribution is -2.26. The van der Waals surface area contributed by atoms with E-state index >= 15 is 0 Å². The molecule has 0 amide bonds. The van der Waals surface area contributed by atoms with Crippen LogP contribution in [0.1, 0.15) is 11.1 Å². The van der Waals surface area contributed by atoms with E-state index in [0.29, 0.717) is 23.5 Å². The molecule has 0 aliphatic rings. The summed E-state index contributed by atoms with van der Waals surface area (Å²) >= 11 is 2.75. The number of thiazole rings is 1. The summed E-state index contributed by atoms with van der Waals surface area (Å²) < 4.78 is 30.4. The molecular formula is C23H22N2O3S3. The number of fused-ring (bicyclic) bond motifs is 1. The van der Waals surface area contributed by atoms with Crippen molar-refractivity contribution in [3.63, 3.8) is 0 Å². The van der Waals surface area contributed by atoms with Crippen molar-refractivity contribution in [3.8, 4) is 0 Å². The molecule has 1 N–H and O–H groups in total. The van der Waals surface area contributed by atoms with Crippen LogP contribution in [0.5, 0.6) is 0 Å². The highest BCUT2D eigenvalue weighted by Gasteiger charge is 2.16. The number of thioether (sulfide) groups is 1. The fraction of sp³-hybridized carbons (Fsp3) is 0.174. The molecule has 0 aliphatic carbocycles. The SMILES string of the molecule is O=c1sc2cc(S(=O)(=O)NCCSCc3ccccc3)ccc2n1Cc1ccccc1. The van der Waals surface area contributed by atoms with Gasteiger partial charge in [0.1, 0.15) is 0 Å². The van der Waals surface area contributed by atoms with Crippen molar-refractivity contribution in [2.24, 2.45) is 0 Å². The summed E-state index contributed by atoms with van der Waals surface area (Å²) in [4.78, 5) is 12.6. The normalized spacial score (nSPS) is 11.7. The van der Waals surface area contributed by atoms with Crippen LogP contribution in [0.2, 0.25) is 0 Å². The van der Waals surface area contributed by atoms with E-state index in [2.05, 4.69) is 16.9 Å². The van der Waals surface area contributed by atoms with Crippen LogP contribution in [0.25, 0.3) is 10.2 Å². The lowest BCUT2D eigenvalue weighted by molar-refractivity contribution is 0.584. The van der Waals surface area contributed by atoms with Gasteiger partial charge in [-0.2, -0.15) is 11.8 Å². The Bertz CT molecular complexity index is 1310. The molecule has 0 bridgehead atoms. The van der Waals surface area contributed by atoms with Gasteiger partial charge in [-0.1, -0.05) is 72.0 Å². The molecule has 4 rings (SSSR count). The predicted molar refractivity (Wildman–Crippen MR) is 129 cm³/mol. The summed E-state index contributed by atoms with van der Waals surface area (Å²) in [7, 11) is -3.63. The fourth-order valence-corrected chi connectivity index (χ4v) is 6.24. The lowest BCUT2D eigenvalue weighted by Gasteiger charge is -2.08. The maximum atomic E-state index is 12.7. The minimum Gasteiger partial charge on any atom is -0.294 e. The van der Waals surface area contributed by atoms with Gasteiger partial charge in [0.05, 0.1) is 21.7 Å². The van der Waals surface area contributed by atoms with Gasteiger partial charge in [-0.05, 0) is 29.3 Å². The first-order chi connectivity index (χ1) is 15.0. The molecular weight excluding hydrogens is 448 g/mol. The molecule has 0 spiro atoms. The summed E-state index contributed by atoms with van der Waals surface area (Å²) in [5.74, 6) is 1.52. The Labute approximate surface area is 189 Å². The molecule has 8 heteroatoms. The Morgan fingerprint density at radius 1 is 0.903 bits per heavy atom. The highest BCUT2D eigenvalue weighted by Crippen LogP contribution is 2.22. The molecule has 5 nitrogen and oxygen atoms in total. The molecule has 0 radical (unpaired) electrons. The third-order valence-corrected chi connectivity index (χ3v) is 8.21. The minimum absolute atomic E-state index is 0.0985. The van der Waals surface area contributed by atoms with Gasteiger partial charge < -0.3 is 0 Å². The van der Waals surface area contributed by atoms with E-state index in [-0.39, 0.29) is 9.77 Å². The van der Waals surface area contributed by atoms with E-state index in [9.17, 15) is 13.2 Å². The van der Waals surface area contributed by atoms with E-state index < -0.39 is 10.0 Å². The number of rotatable bonds is 9. The second-order valence-electron chi connectivity index (χ2n) is 7.01. The van der Waals surface area contributed by atoms with Crippen molar-refractivity contribution in [1.29, 1.82) is 0 Å². The maximum Gasteiger partial charge on any atom is 0.308 e. The van der Waals surface area contributed by atoms with Gasteiger partial charge >= 0.3 is 4.87 Å². The molecule has 0 aliphatic heterocycles. The Morgan fingerprint density at radius 3 is 2.29 bits per heavy atom. The first-order valence-electron chi connectivity index (χ1n) is 9.81. The zero-order valence-electron chi connectivity index (χ0n) is 16.7. The largest absolute Gasteiger partial charge is 0.308 e. The highest BCUT2D eigenvalue weighted by molar-refractivity contribution is 7.98. The molecule has 160 valence electrons. The van der Waals surface area contributed by atoms with E-state index in [1.165, 1.54) is 5.56 Å². The summed E-state index contributed by atoms with van der Waals surface area (Å²) in [6.45, 7) is 0.811. The average molecular weight is 471 g/mol. The van der Waals surface area contributed by atoms with Crippen molar-refractivity contribution >= 4 is 43.3 Å². The molecule has 31 heavy (non-hydrogen) atoms. The number of benzene rings is 3. The number of sulfonamides is 1. The lowest BCUT2D eigenvalue weighted by atomic mass is 10.2. The van der Waals surface area contributed by atoms with E-state index in [1.807, 2.05) is 48.5 Å². The molecule has 4 aromatic rings. The van der Waals surface area contributed by atoms with Crippen LogP contribution >= 0.6 is 23.1 Å². The number of hydrogen-bond acceptors (Lipinski definition) is 5. The van der Waals surface area contributed by atoms with Gasteiger partial charge in [0.25, 0.3) is 0 Å². The first kappa shape index (κ1) is 21.8. The number of nitrogens with zero attached hydrogens (tertiary/aromatic N) is 1. The average Bonchev–Trinajstić information content (AvgIpc) is 3.09. The maximum absolute atomic E-state index is 12.7. The molecule has 0 unspecified atom stereocenters. The van der Waals surface area contributed by atoms with Crippen LogP contribution in [-0.4, -0.2) is 25.3 Å². The van der Waals surface area contributed by atoms with Crippen LogP contribution in [0.15, 0.2) is 88.6 Å². The van der Waals surface area contributed by atoms with Crippen molar-refractivity contribution in [2.45, 2.75) is 17.2 Å². The van der Waals surface area contributed by atoms with Crippen molar-refractivity contribution in [1.82, 2.24) is 9.29 Å². The zero-order valence-corrected chi connectivity index (χ0v) is 19.2. The second kappa shape index (κ2) is 9.82. The quantitative estimate of drug-likeness (QED) is 0.370. The van der Waals surface area contributed by atoms with Crippen LogP contribution in [-0.2, 0) is 22.3 Å². The minimum atomic E-state index is -3.63. The third-order valence-electron chi connectivity index (χ3n) is 4.78. The van der Waals surface area contributed by atoms with Crippen LogP contribution < -0.4 is 9.60 Å². The van der Waals surface area contributed by atoms with Crippen molar-refractivity contribution in [3.05, 3.63) is 99.7 Å². The summed E-state index contributed by atoms with van der Waals surface area (Å²) in [5, 5.41) is 0. The molecule has 0 fully saturated rings. The molecule has 1 aromatic heterocycles. The second-order valence-corrected chi connectivity index (χ2v) is 10.9. The van der Waals surface area contributed by atoms with Crippen molar-refractivity contribution < 1.29 is 8.42 Å². The predicted octanol–water partition coefficient (Wildman–Crippen LogP) is 4.32. The van der Waals surface area contributed by atoms with Crippen LogP contribution in [0, 0.1) is 0 Å². The standard InChI is InChI=1S/C23H22N2O3S3/c26-23-25(16-18-7-3-1-4-8-18)21-12-11-20(15-22(21)30-23)31(27,28)24-13-14-29-17-19-9-5-2-6-10-19/h1-12,15,24H,13-14,16-17H2. The van der Waals surface area contributed by atoms with Gasteiger partial charge in [0.15, 0.2) is 0 Å². The molecule has 0 atom stereocenters. The molecule has 3 aromatic carbocycles. The zero-order chi connectivity index (χ0) is 21.7. The summed E-state index contributed by atoms with van der Waals surface area (Å²) in [6.07, 6.45) is 0. The fourth-order valence-electron chi connectivity index (χ4n) is 3.23. The Kier molecular flexibility index (Phi) is 6.92. The number of hydrogen-bond donors (Lipinski definition) is 1. The number of nitrogens with one attached hydrogen (secondary N) is 1. The molecule has 0 saturated heterocycles. The third kappa shape index (κ3) is 5.46. The molecule has 0 saturated carbocycles. The summed E-state index contributed by atoms with van der Waals surface area (Å²) in [5.41, 5.74) is 2.99. The van der Waals surface area contributed by atoms with E-state index in [0.717, 1.165) is 28.2 Å². The van der Waals surface area contributed by atoms with Gasteiger partial charge in [0.2, 0.25) is 10.0 Å². The Balaban J connectivity index is 1.42.